The normalized spacial score (nSPS) is 18.5. The number of thiophene rings is 1. The number of allylic oxidation sites excluding steroid dienone is 4. The fraction of sp³-hybridized carbons (Fsp3) is 0.520. The third-order valence-corrected chi connectivity index (χ3v) is 7.29. The second-order valence-corrected chi connectivity index (χ2v) is 9.71. The molecule has 166 valence electrons. The van der Waals surface area contributed by atoms with Crippen LogP contribution in [0.25, 0.3) is 0 Å². The van der Waals surface area contributed by atoms with Gasteiger partial charge in [-0.1, -0.05) is 57.5 Å². The van der Waals surface area contributed by atoms with Gasteiger partial charge in [-0.25, -0.2) is 0 Å². The van der Waals surface area contributed by atoms with Crippen LogP contribution in [-0.2, 0) is 0 Å². The third kappa shape index (κ3) is 7.28. The number of nitrogens with zero attached hydrogens (tertiary/aromatic N) is 2. The Balaban J connectivity index is 0.000000296. The Hall–Kier alpha value is -1.59. The first-order chi connectivity index (χ1) is 14.2. The maximum atomic E-state index is 4.67. The zero-order valence-electron chi connectivity index (χ0n) is 20.4. The van der Waals surface area contributed by atoms with E-state index >= 15 is 0 Å². The fourth-order valence-electron chi connectivity index (χ4n) is 2.64. The highest BCUT2D eigenvalue weighted by atomic mass is 32.2. The lowest BCUT2D eigenvalue weighted by Gasteiger charge is -2.10. The fourth-order valence-corrected chi connectivity index (χ4v) is 4.74. The first-order valence-electron chi connectivity index (χ1n) is 10.9. The number of thioether (sulfide) groups is 1. The van der Waals surface area contributed by atoms with Gasteiger partial charge in [-0.05, 0) is 64.0 Å². The lowest BCUT2D eigenvalue weighted by Crippen LogP contribution is -2.09. The standard InChI is InChI=1S/C15H23NS.C8H10N2S.C2H6/c1-7-11(4)8-16-14-12(5)9-17-15(14)13(6)10(2)3;1-5-3-7-8(11-5)6(2)9-4-10-7;1-2/h8-10H,7H2,1-6H3;3,10H,4H2,1-2H3;1-2H3/b11-8+,15-13-,16-14-;;. The highest BCUT2D eigenvalue weighted by molar-refractivity contribution is 8.07. The van der Waals surface area contributed by atoms with Gasteiger partial charge in [0, 0.05) is 16.0 Å². The molecule has 0 spiro atoms. The maximum absolute atomic E-state index is 4.67. The van der Waals surface area contributed by atoms with Crippen molar-refractivity contribution in [2.45, 2.75) is 75.7 Å². The van der Waals surface area contributed by atoms with Crippen molar-refractivity contribution < 1.29 is 0 Å². The van der Waals surface area contributed by atoms with Crippen LogP contribution in [0, 0.1) is 12.8 Å². The van der Waals surface area contributed by atoms with E-state index in [1.807, 2.05) is 31.8 Å². The SMILES string of the molecule is CC.CC/C(C)=C/N=C1/C(C)=CS/C1=C(/C)C(C)C.CC1=NCNc2cc(C)sc21. The quantitative estimate of drug-likeness (QED) is 0.505. The summed E-state index contributed by atoms with van der Waals surface area (Å²) in [5.74, 6) is 0.582. The molecule has 0 saturated carbocycles. The Labute approximate surface area is 192 Å². The van der Waals surface area contributed by atoms with Crippen LogP contribution in [-0.4, -0.2) is 18.1 Å². The van der Waals surface area contributed by atoms with Gasteiger partial charge in [0.15, 0.2) is 0 Å². The molecule has 1 aromatic rings. The predicted molar refractivity (Wildman–Crippen MR) is 141 cm³/mol. The van der Waals surface area contributed by atoms with Gasteiger partial charge >= 0.3 is 0 Å². The van der Waals surface area contributed by atoms with Gasteiger partial charge < -0.3 is 5.32 Å². The summed E-state index contributed by atoms with van der Waals surface area (Å²) in [7, 11) is 0. The van der Waals surface area contributed by atoms with Crippen molar-refractivity contribution in [1.82, 2.24) is 0 Å². The summed E-state index contributed by atoms with van der Waals surface area (Å²) in [4.78, 5) is 13.0. The van der Waals surface area contributed by atoms with E-state index < -0.39 is 0 Å². The molecule has 3 rings (SSSR count). The minimum Gasteiger partial charge on any atom is -0.365 e. The second-order valence-electron chi connectivity index (χ2n) is 7.57. The molecule has 0 atom stereocenters. The summed E-state index contributed by atoms with van der Waals surface area (Å²) in [5, 5.41) is 5.44. The van der Waals surface area contributed by atoms with Crippen molar-refractivity contribution in [3.8, 4) is 0 Å². The van der Waals surface area contributed by atoms with Crippen LogP contribution in [0.5, 0.6) is 0 Å². The van der Waals surface area contributed by atoms with E-state index in [1.165, 1.54) is 37.1 Å². The number of aryl methyl sites for hydroxylation is 1. The second kappa shape index (κ2) is 13.0. The molecule has 0 bridgehead atoms. The van der Waals surface area contributed by atoms with Gasteiger partial charge in [0.2, 0.25) is 0 Å². The lowest BCUT2D eigenvalue weighted by molar-refractivity contribution is 0.769. The molecule has 0 saturated heterocycles. The lowest BCUT2D eigenvalue weighted by atomic mass is 10.0. The van der Waals surface area contributed by atoms with E-state index in [2.05, 4.69) is 82.2 Å². The zero-order chi connectivity index (χ0) is 22.8. The van der Waals surface area contributed by atoms with E-state index in [4.69, 9.17) is 0 Å². The van der Waals surface area contributed by atoms with Crippen LogP contribution < -0.4 is 5.32 Å². The Morgan fingerprint density at radius 1 is 1.23 bits per heavy atom. The molecule has 0 aliphatic carbocycles. The Morgan fingerprint density at radius 2 is 1.90 bits per heavy atom. The summed E-state index contributed by atoms with van der Waals surface area (Å²) in [5.41, 5.74) is 7.61. The summed E-state index contributed by atoms with van der Waals surface area (Å²) in [6, 6.07) is 2.18. The minimum absolute atomic E-state index is 0.582. The highest BCUT2D eigenvalue weighted by Crippen LogP contribution is 2.36. The number of rotatable bonds is 3. The number of aliphatic imine (C=N–C) groups is 2. The van der Waals surface area contributed by atoms with Gasteiger partial charge in [0.05, 0.1) is 22.0 Å². The molecule has 0 aromatic carbocycles. The summed E-state index contributed by atoms with van der Waals surface area (Å²) >= 11 is 3.62. The van der Waals surface area contributed by atoms with Crippen LogP contribution >= 0.6 is 23.1 Å². The molecular weight excluding hydrogens is 406 g/mol. The molecule has 2 aliphatic rings. The summed E-state index contributed by atoms with van der Waals surface area (Å²) < 4.78 is 0. The first kappa shape index (κ1) is 26.4. The number of anilines is 1. The van der Waals surface area contributed by atoms with Gasteiger partial charge in [-0.3, -0.25) is 9.98 Å². The number of nitrogens with one attached hydrogen (secondary N) is 1. The number of fused-ring (bicyclic) bond motifs is 1. The predicted octanol–water partition coefficient (Wildman–Crippen LogP) is 8.60. The van der Waals surface area contributed by atoms with E-state index in [0.717, 1.165) is 24.5 Å². The average molecular weight is 446 g/mol. The highest BCUT2D eigenvalue weighted by Gasteiger charge is 2.19. The van der Waals surface area contributed by atoms with Gasteiger partial charge in [-0.15, -0.1) is 11.3 Å². The molecule has 2 aliphatic heterocycles. The van der Waals surface area contributed by atoms with E-state index in [1.54, 1.807) is 11.3 Å². The van der Waals surface area contributed by atoms with Crippen molar-refractivity contribution >= 4 is 40.2 Å². The van der Waals surface area contributed by atoms with Gasteiger partial charge in [-0.2, -0.15) is 0 Å². The molecule has 3 nitrogen and oxygen atoms in total. The third-order valence-electron chi connectivity index (χ3n) is 4.91. The van der Waals surface area contributed by atoms with Crippen LogP contribution in [0.2, 0.25) is 0 Å². The Bertz CT molecular complexity index is 865. The van der Waals surface area contributed by atoms with Crippen molar-refractivity contribution in [2.75, 3.05) is 12.0 Å². The largest absolute Gasteiger partial charge is 0.365 e. The maximum Gasteiger partial charge on any atom is 0.108 e. The first-order valence-corrected chi connectivity index (χ1v) is 12.6. The number of hydrogen-bond donors (Lipinski definition) is 1. The molecule has 5 heteroatoms. The molecule has 1 aromatic heterocycles. The van der Waals surface area contributed by atoms with E-state index in [0.29, 0.717) is 5.92 Å². The van der Waals surface area contributed by atoms with Crippen molar-refractivity contribution in [1.29, 1.82) is 0 Å². The molecule has 0 amide bonds. The molecule has 30 heavy (non-hydrogen) atoms. The van der Waals surface area contributed by atoms with Crippen molar-refractivity contribution in [3.63, 3.8) is 0 Å². The Kier molecular flexibility index (Phi) is 11.4. The molecule has 3 heterocycles. The van der Waals surface area contributed by atoms with Crippen LogP contribution in [0.4, 0.5) is 5.69 Å². The van der Waals surface area contributed by atoms with Crippen molar-refractivity contribution in [2.24, 2.45) is 15.9 Å². The summed E-state index contributed by atoms with van der Waals surface area (Å²) in [6.07, 6.45) is 3.07. The molecule has 0 fully saturated rings. The number of hydrogen-bond acceptors (Lipinski definition) is 5. The van der Waals surface area contributed by atoms with Crippen LogP contribution in [0.3, 0.4) is 0 Å². The van der Waals surface area contributed by atoms with Gasteiger partial charge in [0.1, 0.15) is 6.67 Å². The van der Waals surface area contributed by atoms with Gasteiger partial charge in [0.25, 0.3) is 0 Å². The van der Waals surface area contributed by atoms with E-state index in [9.17, 15) is 0 Å². The van der Waals surface area contributed by atoms with Crippen LogP contribution in [0.1, 0.15) is 78.5 Å². The summed E-state index contributed by atoms with van der Waals surface area (Å²) in [6.45, 7) is 22.0. The van der Waals surface area contributed by atoms with Crippen molar-refractivity contribution in [3.05, 3.63) is 49.1 Å². The zero-order valence-corrected chi connectivity index (χ0v) is 22.1. The average Bonchev–Trinajstić information content (AvgIpc) is 3.30. The molecule has 0 unspecified atom stereocenters. The topological polar surface area (TPSA) is 36.8 Å². The van der Waals surface area contributed by atoms with Crippen LogP contribution in [0.15, 0.2) is 49.3 Å². The van der Waals surface area contributed by atoms with E-state index in [-0.39, 0.29) is 0 Å². The monoisotopic (exact) mass is 445 g/mol. The Morgan fingerprint density at radius 3 is 2.47 bits per heavy atom. The minimum atomic E-state index is 0.582. The molecule has 1 N–H and O–H groups in total. The molecule has 0 radical (unpaired) electrons. The smallest absolute Gasteiger partial charge is 0.108 e. The molecular formula is C25H39N3S2.